The van der Waals surface area contributed by atoms with Gasteiger partial charge in [-0.05, 0) is 25.0 Å². The van der Waals surface area contributed by atoms with Crippen LogP contribution in [0.1, 0.15) is 39.5 Å². The molecule has 3 nitrogen and oxygen atoms in total. The molecule has 1 unspecified atom stereocenters. The fraction of sp³-hybridized carbons (Fsp3) is 0.400. The van der Waals surface area contributed by atoms with Crippen molar-refractivity contribution in [1.29, 1.82) is 0 Å². The number of aromatic amines is 1. The highest BCUT2D eigenvalue weighted by Gasteiger charge is 2.13. The Bertz CT molecular complexity index is 710. The largest absolute Gasteiger partial charge is 0.338 e. The summed E-state index contributed by atoms with van der Waals surface area (Å²) in [5.74, 6) is 1.72. The van der Waals surface area contributed by atoms with E-state index in [4.69, 9.17) is 0 Å². The van der Waals surface area contributed by atoms with Gasteiger partial charge < -0.3 is 4.98 Å². The maximum Gasteiger partial charge on any atom is 0.169 e. The molecule has 0 aliphatic carbocycles. The van der Waals surface area contributed by atoms with Crippen LogP contribution in [0.25, 0.3) is 22.4 Å². The SMILES string of the molecule is CCCCC(CC)C[n+]1ccc(-c2nc3ccccc3[nH]2)cc1. The minimum atomic E-state index is 0.775. The van der Waals surface area contributed by atoms with Crippen LogP contribution in [-0.2, 0) is 6.54 Å². The number of H-pyrrole nitrogens is 1. The molecule has 2 aromatic heterocycles. The first-order valence-electron chi connectivity index (χ1n) is 8.74. The van der Waals surface area contributed by atoms with Crippen molar-refractivity contribution in [1.82, 2.24) is 9.97 Å². The summed E-state index contributed by atoms with van der Waals surface area (Å²) in [4.78, 5) is 8.06. The number of nitrogens with one attached hydrogen (secondary N) is 1. The Labute approximate surface area is 138 Å². The minimum Gasteiger partial charge on any atom is -0.338 e. The van der Waals surface area contributed by atoms with Gasteiger partial charge in [0.25, 0.3) is 0 Å². The molecule has 120 valence electrons. The van der Waals surface area contributed by atoms with Crippen LogP contribution in [0.3, 0.4) is 0 Å². The normalized spacial score (nSPS) is 12.6. The summed E-state index contributed by atoms with van der Waals surface area (Å²) in [6, 6.07) is 12.5. The number of unbranched alkanes of at least 4 members (excludes halogenated alkanes) is 1. The molecule has 23 heavy (non-hydrogen) atoms. The molecule has 3 rings (SSSR count). The second-order valence-corrected chi connectivity index (χ2v) is 6.30. The van der Waals surface area contributed by atoms with E-state index >= 15 is 0 Å². The number of fused-ring (bicyclic) bond motifs is 1. The zero-order valence-electron chi connectivity index (χ0n) is 14.1. The van der Waals surface area contributed by atoms with Gasteiger partial charge in [-0.15, -0.1) is 0 Å². The summed E-state index contributed by atoms with van der Waals surface area (Å²) in [7, 11) is 0. The molecule has 1 aromatic carbocycles. The fourth-order valence-electron chi connectivity index (χ4n) is 3.04. The van der Waals surface area contributed by atoms with Crippen molar-refractivity contribution in [2.24, 2.45) is 5.92 Å². The molecule has 0 bridgehead atoms. The van der Waals surface area contributed by atoms with Gasteiger partial charge >= 0.3 is 0 Å². The molecule has 0 saturated carbocycles. The van der Waals surface area contributed by atoms with Gasteiger partial charge in [0.2, 0.25) is 0 Å². The van der Waals surface area contributed by atoms with Gasteiger partial charge in [-0.2, -0.15) is 0 Å². The number of para-hydroxylation sites is 2. The molecule has 0 spiro atoms. The highest BCUT2D eigenvalue weighted by atomic mass is 14.9. The molecular formula is C20H26N3+. The van der Waals surface area contributed by atoms with Crippen molar-refractivity contribution in [3.05, 3.63) is 48.8 Å². The van der Waals surface area contributed by atoms with Gasteiger partial charge in [0, 0.05) is 23.6 Å². The van der Waals surface area contributed by atoms with Crippen LogP contribution in [0.5, 0.6) is 0 Å². The van der Waals surface area contributed by atoms with Gasteiger partial charge in [0.15, 0.2) is 18.9 Å². The Morgan fingerprint density at radius 2 is 1.87 bits per heavy atom. The summed E-state index contributed by atoms with van der Waals surface area (Å²) in [5.41, 5.74) is 3.24. The van der Waals surface area contributed by atoms with E-state index in [0.717, 1.165) is 34.9 Å². The van der Waals surface area contributed by atoms with Crippen LogP contribution < -0.4 is 4.57 Å². The van der Waals surface area contributed by atoms with Crippen LogP contribution in [-0.4, -0.2) is 9.97 Å². The van der Waals surface area contributed by atoms with Crippen LogP contribution in [0.15, 0.2) is 48.8 Å². The summed E-state index contributed by atoms with van der Waals surface area (Å²) >= 11 is 0. The lowest BCUT2D eigenvalue weighted by molar-refractivity contribution is -0.703. The number of pyridine rings is 1. The van der Waals surface area contributed by atoms with E-state index in [1.54, 1.807) is 0 Å². The first-order valence-corrected chi connectivity index (χ1v) is 8.74. The zero-order chi connectivity index (χ0) is 16.1. The van der Waals surface area contributed by atoms with Crippen LogP contribution in [0, 0.1) is 5.92 Å². The van der Waals surface area contributed by atoms with Crippen molar-refractivity contribution in [2.75, 3.05) is 0 Å². The van der Waals surface area contributed by atoms with Gasteiger partial charge in [-0.25, -0.2) is 9.55 Å². The van der Waals surface area contributed by atoms with Crippen molar-refractivity contribution < 1.29 is 4.57 Å². The Morgan fingerprint density at radius 1 is 1.09 bits per heavy atom. The molecule has 0 aliphatic heterocycles. The van der Waals surface area contributed by atoms with Crippen LogP contribution in [0.2, 0.25) is 0 Å². The summed E-state index contributed by atoms with van der Waals surface area (Å²) in [5, 5.41) is 0. The molecule has 3 heteroatoms. The van der Waals surface area contributed by atoms with Crippen molar-refractivity contribution in [2.45, 2.75) is 46.1 Å². The van der Waals surface area contributed by atoms with E-state index in [-0.39, 0.29) is 0 Å². The molecule has 0 fully saturated rings. The fourth-order valence-corrected chi connectivity index (χ4v) is 3.04. The third-order valence-electron chi connectivity index (χ3n) is 4.57. The molecular weight excluding hydrogens is 282 g/mol. The summed E-state index contributed by atoms with van der Waals surface area (Å²) in [6.07, 6.45) is 9.54. The topological polar surface area (TPSA) is 32.6 Å². The molecule has 0 aliphatic rings. The van der Waals surface area contributed by atoms with E-state index in [2.05, 4.69) is 59.0 Å². The zero-order valence-corrected chi connectivity index (χ0v) is 14.1. The Kier molecular flexibility index (Phi) is 5.06. The van der Waals surface area contributed by atoms with E-state index in [1.807, 2.05) is 18.2 Å². The summed E-state index contributed by atoms with van der Waals surface area (Å²) in [6.45, 7) is 5.67. The van der Waals surface area contributed by atoms with E-state index < -0.39 is 0 Å². The lowest BCUT2D eigenvalue weighted by atomic mass is 9.99. The maximum atomic E-state index is 4.67. The lowest BCUT2D eigenvalue weighted by Gasteiger charge is -2.10. The second-order valence-electron chi connectivity index (χ2n) is 6.30. The van der Waals surface area contributed by atoms with E-state index in [0.29, 0.717) is 0 Å². The highest BCUT2D eigenvalue weighted by Crippen LogP contribution is 2.19. The standard InChI is InChI=1S/C20H25N3/c1-3-5-8-16(4-2)15-23-13-11-17(12-14-23)20-21-18-9-6-7-10-19(18)22-20/h6-7,9-14,16H,3-5,8,15H2,1-2H3/p+1. The predicted molar refractivity (Wildman–Crippen MR) is 95.0 cm³/mol. The van der Waals surface area contributed by atoms with Gasteiger partial charge in [-0.3, -0.25) is 0 Å². The van der Waals surface area contributed by atoms with Gasteiger partial charge in [0.1, 0.15) is 5.82 Å². The first kappa shape index (κ1) is 15.7. The molecule has 0 amide bonds. The number of hydrogen-bond donors (Lipinski definition) is 1. The monoisotopic (exact) mass is 308 g/mol. The number of benzene rings is 1. The van der Waals surface area contributed by atoms with Gasteiger partial charge in [-0.1, -0.05) is 38.8 Å². The molecule has 1 N–H and O–H groups in total. The number of hydrogen-bond acceptors (Lipinski definition) is 1. The average molecular weight is 308 g/mol. The van der Waals surface area contributed by atoms with Gasteiger partial charge in [0.05, 0.1) is 11.0 Å². The minimum absolute atomic E-state index is 0.775. The van der Waals surface area contributed by atoms with E-state index in [1.165, 1.54) is 25.7 Å². The molecule has 0 radical (unpaired) electrons. The number of rotatable bonds is 7. The Hall–Kier alpha value is -2.16. The smallest absolute Gasteiger partial charge is 0.169 e. The quantitative estimate of drug-likeness (QED) is 0.629. The first-order chi connectivity index (χ1) is 11.3. The number of nitrogens with zero attached hydrogens (tertiary/aromatic N) is 2. The average Bonchev–Trinajstić information content (AvgIpc) is 3.03. The molecule has 0 saturated heterocycles. The Morgan fingerprint density at radius 3 is 2.57 bits per heavy atom. The third kappa shape index (κ3) is 3.79. The lowest BCUT2D eigenvalue weighted by Crippen LogP contribution is -2.36. The van der Waals surface area contributed by atoms with Crippen molar-refractivity contribution >= 4 is 11.0 Å². The molecule has 2 heterocycles. The summed E-state index contributed by atoms with van der Waals surface area (Å²) < 4.78 is 2.30. The molecule has 1 atom stereocenters. The van der Waals surface area contributed by atoms with Crippen molar-refractivity contribution in [3.8, 4) is 11.4 Å². The number of aromatic nitrogens is 3. The second kappa shape index (κ2) is 7.40. The predicted octanol–water partition coefficient (Wildman–Crippen LogP) is 4.73. The maximum absolute atomic E-state index is 4.67. The van der Waals surface area contributed by atoms with Crippen molar-refractivity contribution in [3.63, 3.8) is 0 Å². The van der Waals surface area contributed by atoms with E-state index in [9.17, 15) is 0 Å². The van der Waals surface area contributed by atoms with Crippen LogP contribution in [0.4, 0.5) is 0 Å². The number of imidazole rings is 1. The Balaban J connectivity index is 1.73. The third-order valence-corrected chi connectivity index (χ3v) is 4.57. The van der Waals surface area contributed by atoms with Crippen LogP contribution >= 0.6 is 0 Å². The highest BCUT2D eigenvalue weighted by molar-refractivity contribution is 5.78. The molecule has 3 aromatic rings.